The van der Waals surface area contributed by atoms with Gasteiger partial charge in [0.2, 0.25) is 0 Å². The average Bonchev–Trinajstić information content (AvgIpc) is 2.26. The second-order valence-electron chi connectivity index (χ2n) is 4.13. The van der Waals surface area contributed by atoms with E-state index in [1.807, 2.05) is 24.3 Å². The van der Waals surface area contributed by atoms with Crippen LogP contribution < -0.4 is 10.1 Å². The van der Waals surface area contributed by atoms with Gasteiger partial charge in [-0.15, -0.1) is 11.8 Å². The monoisotopic (exact) mass is 253 g/mol. The van der Waals surface area contributed by atoms with Gasteiger partial charge in [0.05, 0.1) is 18.3 Å². The molecule has 1 aliphatic heterocycles. The second-order valence-corrected chi connectivity index (χ2v) is 5.68. The Labute approximate surface area is 104 Å². The van der Waals surface area contributed by atoms with Crippen LogP contribution in [0.3, 0.4) is 0 Å². The number of nitrogens with one attached hydrogen (secondary N) is 1. The van der Waals surface area contributed by atoms with Crippen molar-refractivity contribution < 1.29 is 14.6 Å². The molecule has 1 fully saturated rings. The zero-order valence-corrected chi connectivity index (χ0v) is 10.4. The van der Waals surface area contributed by atoms with Crippen LogP contribution in [0.25, 0.3) is 0 Å². The zero-order valence-electron chi connectivity index (χ0n) is 9.60. The molecule has 1 saturated heterocycles. The van der Waals surface area contributed by atoms with E-state index in [2.05, 4.69) is 5.32 Å². The molecule has 1 aromatic carbocycles. The molecule has 1 aromatic rings. The van der Waals surface area contributed by atoms with E-state index >= 15 is 0 Å². The van der Waals surface area contributed by atoms with Crippen molar-refractivity contribution in [2.24, 2.45) is 0 Å². The predicted molar refractivity (Wildman–Crippen MR) is 66.7 cm³/mol. The highest BCUT2D eigenvalue weighted by molar-refractivity contribution is 8.00. The van der Waals surface area contributed by atoms with Crippen LogP contribution in [0, 0.1) is 0 Å². The Morgan fingerprint density at radius 1 is 1.47 bits per heavy atom. The molecule has 1 aliphatic rings. The molecule has 4 nitrogen and oxygen atoms in total. The summed E-state index contributed by atoms with van der Waals surface area (Å²) in [7, 11) is 1.63. The highest BCUT2D eigenvalue weighted by atomic mass is 32.2. The van der Waals surface area contributed by atoms with Crippen LogP contribution in [0.1, 0.15) is 6.42 Å². The van der Waals surface area contributed by atoms with Crippen LogP contribution in [0.2, 0.25) is 0 Å². The van der Waals surface area contributed by atoms with Crippen molar-refractivity contribution in [1.82, 2.24) is 5.32 Å². The molecule has 2 rings (SSSR count). The Morgan fingerprint density at radius 3 is 2.53 bits per heavy atom. The summed E-state index contributed by atoms with van der Waals surface area (Å²) in [4.78, 5) is 11.9. The van der Waals surface area contributed by atoms with E-state index in [1.165, 1.54) is 0 Å². The number of carboxylic acids is 1. The van der Waals surface area contributed by atoms with Gasteiger partial charge in [-0.05, 0) is 24.3 Å². The highest BCUT2D eigenvalue weighted by Crippen LogP contribution is 2.39. The van der Waals surface area contributed by atoms with Gasteiger partial charge in [0.25, 0.3) is 0 Å². The van der Waals surface area contributed by atoms with E-state index in [9.17, 15) is 4.79 Å². The lowest BCUT2D eigenvalue weighted by atomic mass is 9.98. The summed E-state index contributed by atoms with van der Waals surface area (Å²) in [6.45, 7) is 1.49. The fourth-order valence-corrected chi connectivity index (χ4v) is 3.12. The first-order chi connectivity index (χ1) is 8.13. The van der Waals surface area contributed by atoms with Crippen LogP contribution in [0.5, 0.6) is 5.75 Å². The summed E-state index contributed by atoms with van der Waals surface area (Å²) >= 11 is 1.63. The van der Waals surface area contributed by atoms with Crippen LogP contribution in [0.15, 0.2) is 29.2 Å². The summed E-state index contributed by atoms with van der Waals surface area (Å²) in [5.74, 6) is 0.0703. The number of benzene rings is 1. The third-order valence-corrected chi connectivity index (χ3v) is 4.14. The Morgan fingerprint density at radius 2 is 2.12 bits per heavy atom. The van der Waals surface area contributed by atoms with E-state index in [0.29, 0.717) is 0 Å². The number of ether oxygens (including phenoxy) is 1. The van der Waals surface area contributed by atoms with Crippen molar-refractivity contribution in [2.45, 2.75) is 16.1 Å². The molecule has 0 aromatic heterocycles. The van der Waals surface area contributed by atoms with Crippen molar-refractivity contribution in [2.75, 3.05) is 20.2 Å². The second kappa shape index (κ2) is 4.98. The summed E-state index contributed by atoms with van der Waals surface area (Å²) < 4.78 is 4.89. The molecule has 17 heavy (non-hydrogen) atoms. The molecule has 0 amide bonds. The quantitative estimate of drug-likeness (QED) is 0.834. The lowest BCUT2D eigenvalue weighted by molar-refractivity contribution is -0.138. The number of hydrogen-bond donors (Lipinski definition) is 2. The first-order valence-corrected chi connectivity index (χ1v) is 6.21. The van der Waals surface area contributed by atoms with Gasteiger partial charge in [-0.1, -0.05) is 0 Å². The fraction of sp³-hybridized carbons (Fsp3) is 0.417. The molecule has 0 spiro atoms. The third-order valence-electron chi connectivity index (χ3n) is 2.76. The van der Waals surface area contributed by atoms with Gasteiger partial charge in [-0.25, -0.2) is 0 Å². The van der Waals surface area contributed by atoms with Crippen molar-refractivity contribution in [3.63, 3.8) is 0 Å². The maximum absolute atomic E-state index is 10.8. The summed E-state index contributed by atoms with van der Waals surface area (Å²) in [5, 5.41) is 12.1. The zero-order chi connectivity index (χ0) is 12.3. The minimum absolute atomic E-state index is 0.191. The lowest BCUT2D eigenvalue weighted by Gasteiger charge is -2.40. The lowest BCUT2D eigenvalue weighted by Crippen LogP contribution is -2.57. The Balaban J connectivity index is 2.04. The first kappa shape index (κ1) is 12.3. The van der Waals surface area contributed by atoms with Gasteiger partial charge >= 0.3 is 5.97 Å². The SMILES string of the molecule is COc1ccc(SC2(CC(=O)O)CNC2)cc1. The predicted octanol–water partition coefficient (Wildman–Crippen LogP) is 1.60. The van der Waals surface area contributed by atoms with Gasteiger partial charge in [0.15, 0.2) is 0 Å². The Kier molecular flexibility index (Phi) is 3.59. The van der Waals surface area contributed by atoms with E-state index < -0.39 is 5.97 Å². The molecule has 0 bridgehead atoms. The summed E-state index contributed by atoms with van der Waals surface area (Å²) in [6.07, 6.45) is 0.191. The number of carboxylic acid groups (broad SMARTS) is 1. The number of carbonyl (C=O) groups is 1. The molecule has 92 valence electrons. The largest absolute Gasteiger partial charge is 0.497 e. The molecular weight excluding hydrogens is 238 g/mol. The van der Waals surface area contributed by atoms with Crippen molar-refractivity contribution in [1.29, 1.82) is 0 Å². The van der Waals surface area contributed by atoms with Crippen molar-refractivity contribution in [3.05, 3.63) is 24.3 Å². The molecule has 0 saturated carbocycles. The number of hydrogen-bond acceptors (Lipinski definition) is 4. The number of aliphatic carboxylic acids is 1. The molecule has 0 aliphatic carbocycles. The van der Waals surface area contributed by atoms with Gasteiger partial charge in [-0.2, -0.15) is 0 Å². The Bertz CT molecular complexity index is 401. The van der Waals surface area contributed by atoms with Crippen LogP contribution in [-0.4, -0.2) is 36.0 Å². The normalized spacial score (nSPS) is 17.2. The minimum Gasteiger partial charge on any atom is -0.497 e. The van der Waals surface area contributed by atoms with Gasteiger partial charge in [0, 0.05) is 18.0 Å². The summed E-state index contributed by atoms with van der Waals surface area (Å²) in [5.41, 5.74) is 0. The smallest absolute Gasteiger partial charge is 0.304 e. The number of rotatable bonds is 5. The van der Waals surface area contributed by atoms with E-state index in [1.54, 1.807) is 18.9 Å². The van der Waals surface area contributed by atoms with E-state index in [-0.39, 0.29) is 11.2 Å². The third kappa shape index (κ3) is 2.92. The van der Waals surface area contributed by atoms with Gasteiger partial charge in [-0.3, -0.25) is 4.79 Å². The van der Waals surface area contributed by atoms with Crippen molar-refractivity contribution >= 4 is 17.7 Å². The van der Waals surface area contributed by atoms with Crippen LogP contribution >= 0.6 is 11.8 Å². The van der Waals surface area contributed by atoms with Gasteiger partial charge < -0.3 is 15.2 Å². The standard InChI is InChI=1S/C12H15NO3S/c1-16-9-2-4-10(5-3-9)17-12(6-11(14)15)7-13-8-12/h2-5,13H,6-8H2,1H3,(H,14,15). The summed E-state index contributed by atoms with van der Waals surface area (Å²) in [6, 6.07) is 7.71. The molecule has 0 unspecified atom stereocenters. The van der Waals surface area contributed by atoms with Crippen LogP contribution in [-0.2, 0) is 4.79 Å². The molecule has 0 atom stereocenters. The molecule has 5 heteroatoms. The topological polar surface area (TPSA) is 58.6 Å². The molecule has 1 heterocycles. The first-order valence-electron chi connectivity index (χ1n) is 5.39. The Hall–Kier alpha value is -1.20. The average molecular weight is 253 g/mol. The maximum atomic E-state index is 10.8. The van der Waals surface area contributed by atoms with Gasteiger partial charge in [0.1, 0.15) is 5.75 Å². The van der Waals surface area contributed by atoms with E-state index in [0.717, 1.165) is 23.7 Å². The number of thioether (sulfide) groups is 1. The van der Waals surface area contributed by atoms with E-state index in [4.69, 9.17) is 9.84 Å². The maximum Gasteiger partial charge on any atom is 0.304 e. The minimum atomic E-state index is -0.743. The molecule has 2 N–H and O–H groups in total. The van der Waals surface area contributed by atoms with Crippen LogP contribution in [0.4, 0.5) is 0 Å². The number of methoxy groups -OCH3 is 1. The molecular formula is C12H15NO3S. The highest BCUT2D eigenvalue weighted by Gasteiger charge is 2.40. The molecule has 0 radical (unpaired) electrons. The van der Waals surface area contributed by atoms with Crippen molar-refractivity contribution in [3.8, 4) is 5.75 Å². The fourth-order valence-electron chi connectivity index (χ4n) is 1.81.